The van der Waals surface area contributed by atoms with E-state index in [1.165, 1.54) is 13.2 Å². The minimum Gasteiger partial charge on any atom is -0.469 e. The second-order valence-electron chi connectivity index (χ2n) is 5.83. The van der Waals surface area contributed by atoms with Gasteiger partial charge < -0.3 is 19.5 Å². The molecule has 7 nitrogen and oxygen atoms in total. The van der Waals surface area contributed by atoms with E-state index in [4.69, 9.17) is 4.42 Å². The van der Waals surface area contributed by atoms with Crippen LogP contribution >= 0.6 is 0 Å². The quantitative estimate of drug-likeness (QED) is 0.585. The van der Waals surface area contributed by atoms with Gasteiger partial charge in [-0.2, -0.15) is 0 Å². The second kappa shape index (κ2) is 5.83. The number of furan rings is 1. The molecule has 1 aromatic carbocycles. The van der Waals surface area contributed by atoms with Crippen molar-refractivity contribution in [1.29, 1.82) is 0 Å². The fourth-order valence-electron chi connectivity index (χ4n) is 3.16. The molecule has 3 aromatic heterocycles. The first-order valence-electron chi connectivity index (χ1n) is 7.97. The lowest BCUT2D eigenvalue weighted by atomic mass is 10.1. The number of hydrogen-bond acceptors (Lipinski definition) is 5. The van der Waals surface area contributed by atoms with Crippen molar-refractivity contribution in [2.24, 2.45) is 0 Å². The maximum absolute atomic E-state index is 14.5. The van der Waals surface area contributed by atoms with Gasteiger partial charge in [0.05, 0.1) is 29.3 Å². The number of nitrogens with zero attached hydrogens (tertiary/aromatic N) is 2. The van der Waals surface area contributed by atoms with Crippen LogP contribution in [0, 0.1) is 5.82 Å². The Balaban J connectivity index is 2.11. The number of hydrogen-bond donors (Lipinski definition) is 2. The predicted octanol–water partition coefficient (Wildman–Crippen LogP) is 2.01. The zero-order valence-corrected chi connectivity index (χ0v) is 14.1. The smallest absolute Gasteiger partial charge is 0.256 e. The van der Waals surface area contributed by atoms with Crippen LogP contribution in [0.15, 0.2) is 39.9 Å². The van der Waals surface area contributed by atoms with E-state index in [0.29, 0.717) is 29.0 Å². The Morgan fingerprint density at radius 2 is 2.19 bits per heavy atom. The maximum atomic E-state index is 14.5. The molecular weight excluding hydrogens is 339 g/mol. The number of aromatic nitrogens is 2. The zero-order chi connectivity index (χ0) is 18.4. The first kappa shape index (κ1) is 16.1. The highest BCUT2D eigenvalue weighted by molar-refractivity contribution is 6.04. The number of amides is 1. The topological polar surface area (TPSA) is 88.6 Å². The van der Waals surface area contributed by atoms with Crippen LogP contribution in [0.2, 0.25) is 0 Å². The van der Waals surface area contributed by atoms with E-state index in [9.17, 15) is 14.0 Å². The number of halogens is 1. The predicted molar refractivity (Wildman–Crippen MR) is 94.6 cm³/mol. The SMILES string of the molecule is CNC(=O)c1cn2c(Cc3ccco3)nc3c(NC)c(F)cc(c1=O)c32. The number of carbonyl (C=O) groups excluding carboxylic acids is 1. The molecule has 0 aliphatic rings. The van der Waals surface area contributed by atoms with Gasteiger partial charge in [-0.3, -0.25) is 9.59 Å². The van der Waals surface area contributed by atoms with Crippen LogP contribution < -0.4 is 16.1 Å². The number of nitrogens with one attached hydrogen (secondary N) is 2. The first-order chi connectivity index (χ1) is 12.5. The summed E-state index contributed by atoms with van der Waals surface area (Å²) in [5.41, 5.74) is 0.400. The summed E-state index contributed by atoms with van der Waals surface area (Å²) in [5, 5.41) is 5.33. The number of benzene rings is 1. The van der Waals surface area contributed by atoms with Crippen LogP contribution in [-0.2, 0) is 6.42 Å². The normalized spacial score (nSPS) is 11.3. The van der Waals surface area contributed by atoms with Crippen LogP contribution in [0.5, 0.6) is 0 Å². The van der Waals surface area contributed by atoms with Gasteiger partial charge in [0.15, 0.2) is 0 Å². The lowest BCUT2D eigenvalue weighted by molar-refractivity contribution is 0.0961. The summed E-state index contributed by atoms with van der Waals surface area (Å²) in [4.78, 5) is 29.3. The van der Waals surface area contributed by atoms with Gasteiger partial charge in [-0.1, -0.05) is 0 Å². The number of carbonyl (C=O) groups is 1. The van der Waals surface area contributed by atoms with Crippen molar-refractivity contribution in [3.8, 4) is 0 Å². The molecule has 0 saturated heterocycles. The van der Waals surface area contributed by atoms with E-state index in [1.807, 2.05) is 0 Å². The fraction of sp³-hybridized carbons (Fsp3) is 0.167. The number of anilines is 1. The van der Waals surface area contributed by atoms with Crippen molar-refractivity contribution >= 4 is 28.0 Å². The third-order valence-electron chi connectivity index (χ3n) is 4.37. The summed E-state index contributed by atoms with van der Waals surface area (Å²) < 4.78 is 21.5. The average molecular weight is 354 g/mol. The van der Waals surface area contributed by atoms with Crippen LogP contribution in [0.1, 0.15) is 21.9 Å². The Hall–Kier alpha value is -3.42. The van der Waals surface area contributed by atoms with Gasteiger partial charge in [-0.25, -0.2) is 9.37 Å². The number of pyridine rings is 1. The summed E-state index contributed by atoms with van der Waals surface area (Å²) in [5.74, 6) is 0.0591. The maximum Gasteiger partial charge on any atom is 0.256 e. The standard InChI is InChI=1S/C18H15FN4O3/c1-20-14-12(19)7-10-16-15(14)22-13(6-9-4-3-5-26-9)23(16)8-11(17(10)24)18(25)21-2/h3-5,7-8,20H,6H2,1-2H3,(H,21,25). The Bertz CT molecular complexity index is 1180. The van der Waals surface area contributed by atoms with Crippen LogP contribution in [0.4, 0.5) is 10.1 Å². The van der Waals surface area contributed by atoms with Gasteiger partial charge in [0.25, 0.3) is 5.91 Å². The van der Waals surface area contributed by atoms with Gasteiger partial charge >= 0.3 is 0 Å². The van der Waals surface area contributed by atoms with Crippen molar-refractivity contribution in [2.45, 2.75) is 6.42 Å². The van der Waals surface area contributed by atoms with Crippen molar-refractivity contribution in [3.05, 3.63) is 63.8 Å². The molecule has 8 heteroatoms. The highest BCUT2D eigenvalue weighted by Crippen LogP contribution is 2.30. The molecule has 26 heavy (non-hydrogen) atoms. The van der Waals surface area contributed by atoms with E-state index >= 15 is 0 Å². The van der Waals surface area contributed by atoms with Crippen molar-refractivity contribution < 1.29 is 13.6 Å². The summed E-state index contributed by atoms with van der Waals surface area (Å²) in [6.07, 6.45) is 3.32. The van der Waals surface area contributed by atoms with Gasteiger partial charge in [0.2, 0.25) is 5.43 Å². The zero-order valence-electron chi connectivity index (χ0n) is 14.1. The van der Waals surface area contributed by atoms with E-state index in [1.54, 1.807) is 29.8 Å². The number of rotatable bonds is 4. The van der Waals surface area contributed by atoms with Crippen LogP contribution in [-0.4, -0.2) is 29.4 Å². The van der Waals surface area contributed by atoms with Gasteiger partial charge in [0, 0.05) is 20.3 Å². The Kier molecular flexibility index (Phi) is 3.61. The van der Waals surface area contributed by atoms with E-state index in [-0.39, 0.29) is 16.6 Å². The summed E-state index contributed by atoms with van der Waals surface area (Å²) in [7, 11) is 3.02. The first-order valence-corrected chi connectivity index (χ1v) is 7.97. The monoisotopic (exact) mass is 354 g/mol. The molecule has 0 unspecified atom stereocenters. The molecule has 0 saturated carbocycles. The van der Waals surface area contributed by atoms with E-state index in [0.717, 1.165) is 6.07 Å². The molecule has 2 N–H and O–H groups in total. The summed E-state index contributed by atoms with van der Waals surface area (Å²) >= 11 is 0. The third kappa shape index (κ3) is 2.22. The summed E-state index contributed by atoms with van der Waals surface area (Å²) in [6.45, 7) is 0. The molecular formula is C18H15FN4O3. The van der Waals surface area contributed by atoms with Gasteiger partial charge in [-0.15, -0.1) is 0 Å². The van der Waals surface area contributed by atoms with Crippen molar-refractivity contribution in [2.75, 3.05) is 19.4 Å². The molecule has 4 rings (SSSR count). The van der Waals surface area contributed by atoms with Crippen LogP contribution in [0.25, 0.3) is 16.4 Å². The molecule has 0 atom stereocenters. The molecule has 0 spiro atoms. The molecule has 0 fully saturated rings. The Morgan fingerprint density at radius 3 is 2.85 bits per heavy atom. The van der Waals surface area contributed by atoms with Crippen molar-refractivity contribution in [3.63, 3.8) is 0 Å². The van der Waals surface area contributed by atoms with Crippen molar-refractivity contribution in [1.82, 2.24) is 14.7 Å². The largest absolute Gasteiger partial charge is 0.469 e. The van der Waals surface area contributed by atoms with E-state index < -0.39 is 17.2 Å². The molecule has 132 valence electrons. The Morgan fingerprint density at radius 1 is 1.38 bits per heavy atom. The molecule has 0 bridgehead atoms. The molecule has 4 aromatic rings. The fourth-order valence-corrected chi connectivity index (χ4v) is 3.16. The molecule has 1 amide bonds. The molecule has 0 radical (unpaired) electrons. The average Bonchev–Trinajstić information content (AvgIpc) is 3.26. The molecule has 0 aliphatic carbocycles. The minimum atomic E-state index is -0.601. The minimum absolute atomic E-state index is 0.0726. The van der Waals surface area contributed by atoms with Gasteiger partial charge in [-0.05, 0) is 18.2 Å². The molecule has 3 heterocycles. The van der Waals surface area contributed by atoms with Crippen LogP contribution in [0.3, 0.4) is 0 Å². The third-order valence-corrected chi connectivity index (χ3v) is 4.37. The number of imidazole rings is 1. The Labute approximate surface area is 146 Å². The van der Waals surface area contributed by atoms with E-state index in [2.05, 4.69) is 15.6 Å². The highest BCUT2D eigenvalue weighted by atomic mass is 19.1. The highest BCUT2D eigenvalue weighted by Gasteiger charge is 2.23. The molecule has 0 aliphatic heterocycles. The second-order valence-corrected chi connectivity index (χ2v) is 5.83. The lowest BCUT2D eigenvalue weighted by Crippen LogP contribution is -2.26. The lowest BCUT2D eigenvalue weighted by Gasteiger charge is -2.08. The summed E-state index contributed by atoms with van der Waals surface area (Å²) in [6, 6.07) is 4.69. The van der Waals surface area contributed by atoms with Gasteiger partial charge in [0.1, 0.15) is 28.5 Å².